The lowest BCUT2D eigenvalue weighted by Gasteiger charge is -2.34. The second-order valence-electron chi connectivity index (χ2n) is 19.2. The van der Waals surface area contributed by atoms with E-state index < -0.39 is 20.0 Å². The zero-order chi connectivity index (χ0) is 47.4. The van der Waals surface area contributed by atoms with Gasteiger partial charge in [-0.15, -0.1) is 0 Å². The van der Waals surface area contributed by atoms with Crippen molar-refractivity contribution in [3.05, 3.63) is 130 Å². The van der Waals surface area contributed by atoms with Crippen molar-refractivity contribution in [2.75, 3.05) is 120 Å². The molecule has 67 heavy (non-hydrogen) atoms. The van der Waals surface area contributed by atoms with E-state index in [9.17, 15) is 16.8 Å². The van der Waals surface area contributed by atoms with Gasteiger partial charge in [-0.2, -0.15) is 8.61 Å². The van der Waals surface area contributed by atoms with E-state index in [1.807, 2.05) is 98.7 Å². The van der Waals surface area contributed by atoms with Crippen LogP contribution in [0.4, 0.5) is 22.7 Å². The normalized spacial score (nSPS) is 17.3. The lowest BCUT2D eigenvalue weighted by molar-refractivity contribution is 0.181. The monoisotopic (exact) mass is 942 g/mol. The third-order valence-electron chi connectivity index (χ3n) is 14.1. The molecule has 0 spiro atoms. The molecule has 3 saturated heterocycles. The van der Waals surface area contributed by atoms with Gasteiger partial charge >= 0.3 is 0 Å². The topological polar surface area (TPSA) is 94.2 Å². The van der Waals surface area contributed by atoms with Crippen molar-refractivity contribution < 1.29 is 16.8 Å². The molecular weight excluding hydrogens is 877 g/mol. The number of aryl methyl sites for hydroxylation is 4. The molecular formula is C53H66N8O4S2. The predicted molar refractivity (Wildman–Crippen MR) is 276 cm³/mol. The van der Waals surface area contributed by atoms with E-state index in [4.69, 9.17) is 0 Å². The zero-order valence-electron chi connectivity index (χ0n) is 40.5. The van der Waals surface area contributed by atoms with Gasteiger partial charge in [0.25, 0.3) is 0 Å². The minimum absolute atomic E-state index is 0.377. The fraction of sp³-hybridized carbons (Fsp3) is 0.396. The second kappa shape index (κ2) is 18.7. The zero-order valence-corrected chi connectivity index (χ0v) is 42.1. The van der Waals surface area contributed by atoms with Crippen molar-refractivity contribution in [1.29, 1.82) is 0 Å². The number of anilines is 4. The molecule has 0 atom stereocenters. The summed E-state index contributed by atoms with van der Waals surface area (Å²) in [5, 5.41) is 3.41. The maximum atomic E-state index is 14.0. The Morgan fingerprint density at radius 1 is 0.433 bits per heavy atom. The van der Waals surface area contributed by atoms with Gasteiger partial charge in [0.05, 0.1) is 16.5 Å². The molecule has 6 aromatic rings. The predicted octanol–water partition coefficient (Wildman–Crippen LogP) is 7.66. The third kappa shape index (κ3) is 9.12. The van der Waals surface area contributed by atoms with Gasteiger partial charge in [-0.3, -0.25) is 9.80 Å². The SMILES string of the molecule is Cc1cc(CN2CCN(S(=O)(=O)c3cccc4c(N(C)C)cccc34)CC2)cc(C)c1N1CCN(c2c(C)cc(CN3CCN(S(=O)(=O)c4cccc5c(N(C)C)cccc45)CC3)cc2C)C1. The molecule has 6 aromatic carbocycles. The quantitative estimate of drug-likeness (QED) is 0.122. The molecule has 0 aromatic heterocycles. The maximum absolute atomic E-state index is 14.0. The van der Waals surface area contributed by atoms with Crippen molar-refractivity contribution in [3.63, 3.8) is 0 Å². The van der Waals surface area contributed by atoms with Crippen LogP contribution in [0.1, 0.15) is 33.4 Å². The second-order valence-corrected chi connectivity index (χ2v) is 23.0. The number of nitrogens with zero attached hydrogens (tertiary/aromatic N) is 8. The molecule has 0 N–H and O–H groups in total. The minimum atomic E-state index is -3.66. The van der Waals surface area contributed by atoms with E-state index >= 15 is 0 Å². The number of piperazine rings is 2. The molecule has 3 aliphatic heterocycles. The fourth-order valence-electron chi connectivity index (χ4n) is 11.0. The van der Waals surface area contributed by atoms with Crippen LogP contribution in [0.25, 0.3) is 21.5 Å². The van der Waals surface area contributed by atoms with E-state index in [1.165, 1.54) is 44.8 Å². The Morgan fingerprint density at radius 3 is 1.10 bits per heavy atom. The Balaban J connectivity index is 0.799. The summed E-state index contributed by atoms with van der Waals surface area (Å²) in [7, 11) is 0.609. The molecule has 3 heterocycles. The highest BCUT2D eigenvalue weighted by molar-refractivity contribution is 7.89. The summed E-state index contributed by atoms with van der Waals surface area (Å²) in [4.78, 5) is 14.6. The molecule has 9 rings (SSSR count). The number of hydrogen-bond acceptors (Lipinski definition) is 10. The molecule has 0 amide bonds. The Morgan fingerprint density at radius 2 is 0.761 bits per heavy atom. The first-order chi connectivity index (χ1) is 32.0. The standard InChI is InChI=1S/C53H66N8O4S2/c1-38-31-42(35-56-21-27-60(28-22-56)66(62,63)50-19-11-13-44-46(50)15-9-17-48(44)54(5)6)32-39(2)52(38)58-25-26-59(37-58)53-40(3)33-43(34-41(53)4)36-57-23-29-61(30-24-57)67(64,65)51-20-12-14-45-47(51)16-10-18-49(45)55(7)8/h9-20,31-34H,21-30,35-37H2,1-8H3. The highest BCUT2D eigenvalue weighted by Crippen LogP contribution is 2.36. The molecule has 0 aliphatic carbocycles. The van der Waals surface area contributed by atoms with Crippen molar-refractivity contribution in [1.82, 2.24) is 18.4 Å². The van der Waals surface area contributed by atoms with Crippen LogP contribution in [0, 0.1) is 27.7 Å². The van der Waals surface area contributed by atoms with Gasteiger partial charge in [-0.1, -0.05) is 72.8 Å². The van der Waals surface area contributed by atoms with Gasteiger partial charge in [0.2, 0.25) is 20.0 Å². The average molecular weight is 943 g/mol. The lowest BCUT2D eigenvalue weighted by atomic mass is 10.0. The Labute approximate surface area is 398 Å². The molecule has 0 unspecified atom stereocenters. The molecule has 14 heteroatoms. The molecule has 354 valence electrons. The fourth-order valence-corrected chi connectivity index (χ4v) is 14.3. The number of rotatable bonds is 12. The van der Waals surface area contributed by atoms with Crippen LogP contribution in [0.5, 0.6) is 0 Å². The van der Waals surface area contributed by atoms with Crippen LogP contribution >= 0.6 is 0 Å². The average Bonchev–Trinajstić information content (AvgIpc) is 3.76. The smallest absolute Gasteiger partial charge is 0.243 e. The number of sulfonamides is 2. The Kier molecular flexibility index (Phi) is 13.1. The first-order valence-corrected chi connectivity index (χ1v) is 26.4. The van der Waals surface area contributed by atoms with Gasteiger partial charge in [-0.05, 0) is 85.3 Å². The van der Waals surface area contributed by atoms with Crippen LogP contribution in [-0.4, -0.2) is 136 Å². The van der Waals surface area contributed by atoms with Crippen LogP contribution in [0.15, 0.2) is 107 Å². The number of hydrogen-bond donors (Lipinski definition) is 0. The van der Waals surface area contributed by atoms with Crippen LogP contribution in [0.3, 0.4) is 0 Å². The Hall–Kier alpha value is -5.22. The summed E-state index contributed by atoms with van der Waals surface area (Å²) >= 11 is 0. The van der Waals surface area contributed by atoms with Crippen molar-refractivity contribution >= 4 is 64.3 Å². The highest BCUT2D eigenvalue weighted by Gasteiger charge is 2.33. The van der Waals surface area contributed by atoms with Gasteiger partial charge in [0.15, 0.2) is 0 Å². The summed E-state index contributed by atoms with van der Waals surface area (Å²) in [6.07, 6.45) is 0. The summed E-state index contributed by atoms with van der Waals surface area (Å²) in [6.45, 7) is 17.7. The van der Waals surface area contributed by atoms with Crippen LogP contribution in [-0.2, 0) is 33.1 Å². The first kappa shape index (κ1) is 46.9. The summed E-state index contributed by atoms with van der Waals surface area (Å²) in [5.41, 5.74) is 12.2. The lowest BCUT2D eigenvalue weighted by Crippen LogP contribution is -2.48. The van der Waals surface area contributed by atoms with Crippen molar-refractivity contribution in [3.8, 4) is 0 Å². The third-order valence-corrected chi connectivity index (χ3v) is 18.0. The maximum Gasteiger partial charge on any atom is 0.243 e. The van der Waals surface area contributed by atoms with Gasteiger partial charge < -0.3 is 19.6 Å². The van der Waals surface area contributed by atoms with Crippen molar-refractivity contribution in [2.45, 2.75) is 50.6 Å². The van der Waals surface area contributed by atoms with Crippen LogP contribution < -0.4 is 19.6 Å². The molecule has 0 bridgehead atoms. The van der Waals surface area contributed by atoms with Gasteiger partial charge in [0, 0.05) is 151 Å². The summed E-state index contributed by atoms with van der Waals surface area (Å²) in [5.74, 6) is 0. The summed E-state index contributed by atoms with van der Waals surface area (Å²) in [6, 6.07) is 32.2. The van der Waals surface area contributed by atoms with Crippen LogP contribution in [0.2, 0.25) is 0 Å². The summed E-state index contributed by atoms with van der Waals surface area (Å²) < 4.78 is 59.4. The molecule has 0 radical (unpaired) electrons. The Bertz CT molecular complexity index is 2800. The number of fused-ring (bicyclic) bond motifs is 2. The molecule has 12 nitrogen and oxygen atoms in total. The molecule has 0 saturated carbocycles. The van der Waals surface area contributed by atoms with E-state index in [-0.39, 0.29) is 0 Å². The van der Waals surface area contributed by atoms with Gasteiger partial charge in [-0.25, -0.2) is 16.8 Å². The van der Waals surface area contributed by atoms with Crippen molar-refractivity contribution in [2.24, 2.45) is 0 Å². The first-order valence-electron chi connectivity index (χ1n) is 23.5. The molecule has 3 fully saturated rings. The van der Waals surface area contributed by atoms with Gasteiger partial charge in [0.1, 0.15) is 0 Å². The molecule has 3 aliphatic rings. The number of benzene rings is 6. The van der Waals surface area contributed by atoms with E-state index in [1.54, 1.807) is 20.7 Å². The largest absolute Gasteiger partial charge is 0.377 e. The van der Waals surface area contributed by atoms with E-state index in [2.05, 4.69) is 71.6 Å². The van der Waals surface area contributed by atoms with E-state index in [0.29, 0.717) is 62.1 Å². The highest BCUT2D eigenvalue weighted by atomic mass is 32.2. The minimum Gasteiger partial charge on any atom is -0.377 e. The van der Waals surface area contributed by atoms with E-state index in [0.717, 1.165) is 65.8 Å².